The van der Waals surface area contributed by atoms with Crippen LogP contribution in [0.3, 0.4) is 0 Å². The lowest BCUT2D eigenvalue weighted by atomic mass is 9.88. The molecule has 16 heavy (non-hydrogen) atoms. The summed E-state index contributed by atoms with van der Waals surface area (Å²) in [6.45, 7) is 2.52. The van der Waals surface area contributed by atoms with E-state index in [0.29, 0.717) is 12.5 Å². The molecule has 1 aromatic carbocycles. The molecule has 1 aliphatic carbocycles. The molecular weight excluding hydrogens is 200 g/mol. The van der Waals surface area contributed by atoms with Gasteiger partial charge in [-0.2, -0.15) is 0 Å². The fourth-order valence-corrected chi connectivity index (χ4v) is 2.28. The van der Waals surface area contributed by atoms with Gasteiger partial charge in [-0.05, 0) is 36.3 Å². The van der Waals surface area contributed by atoms with Crippen molar-refractivity contribution in [2.75, 3.05) is 13.7 Å². The molecule has 0 amide bonds. The second-order valence-corrected chi connectivity index (χ2v) is 4.69. The summed E-state index contributed by atoms with van der Waals surface area (Å²) in [5.41, 5.74) is 1.50. The number of benzene rings is 1. The molecule has 1 atom stereocenters. The SMILES string of the molecule is CCc1cccc(C(O)(COC)C2CC2)c1. The van der Waals surface area contributed by atoms with Crippen LogP contribution in [0, 0.1) is 5.92 Å². The van der Waals surface area contributed by atoms with Crippen LogP contribution in [0.2, 0.25) is 0 Å². The van der Waals surface area contributed by atoms with Crippen LogP contribution in [0.5, 0.6) is 0 Å². The second-order valence-electron chi connectivity index (χ2n) is 4.69. The van der Waals surface area contributed by atoms with Gasteiger partial charge in [-0.3, -0.25) is 0 Å². The number of aliphatic hydroxyl groups is 1. The lowest BCUT2D eigenvalue weighted by Gasteiger charge is -2.28. The fourth-order valence-electron chi connectivity index (χ4n) is 2.28. The Bertz CT molecular complexity index is 358. The van der Waals surface area contributed by atoms with E-state index >= 15 is 0 Å². The summed E-state index contributed by atoms with van der Waals surface area (Å²) < 4.78 is 5.19. The average Bonchev–Trinajstić information content (AvgIpc) is 3.13. The van der Waals surface area contributed by atoms with Crippen LogP contribution in [-0.4, -0.2) is 18.8 Å². The second kappa shape index (κ2) is 4.56. The Morgan fingerprint density at radius 3 is 2.75 bits per heavy atom. The number of methoxy groups -OCH3 is 1. The third-order valence-corrected chi connectivity index (χ3v) is 3.45. The zero-order valence-electron chi connectivity index (χ0n) is 10.1. The first kappa shape index (κ1) is 11.6. The maximum absolute atomic E-state index is 10.7. The van der Waals surface area contributed by atoms with Crippen molar-refractivity contribution in [1.29, 1.82) is 0 Å². The molecule has 0 aliphatic heterocycles. The van der Waals surface area contributed by atoms with Crippen molar-refractivity contribution in [2.45, 2.75) is 31.8 Å². The molecular formula is C14H20O2. The minimum absolute atomic E-state index is 0.375. The van der Waals surface area contributed by atoms with Gasteiger partial charge in [-0.15, -0.1) is 0 Å². The van der Waals surface area contributed by atoms with Crippen molar-refractivity contribution >= 4 is 0 Å². The van der Waals surface area contributed by atoms with Crippen LogP contribution in [-0.2, 0) is 16.8 Å². The van der Waals surface area contributed by atoms with Gasteiger partial charge in [0.2, 0.25) is 0 Å². The smallest absolute Gasteiger partial charge is 0.116 e. The van der Waals surface area contributed by atoms with Crippen molar-refractivity contribution in [2.24, 2.45) is 5.92 Å². The molecule has 1 unspecified atom stereocenters. The lowest BCUT2D eigenvalue weighted by molar-refractivity contribution is -0.0533. The molecule has 0 aromatic heterocycles. The molecule has 1 aliphatic rings. The van der Waals surface area contributed by atoms with E-state index in [1.807, 2.05) is 12.1 Å². The first-order valence-electron chi connectivity index (χ1n) is 6.01. The van der Waals surface area contributed by atoms with Crippen LogP contribution < -0.4 is 0 Å². The van der Waals surface area contributed by atoms with Gasteiger partial charge in [0.1, 0.15) is 5.60 Å². The van der Waals surface area contributed by atoms with E-state index in [0.717, 1.165) is 24.8 Å². The molecule has 0 radical (unpaired) electrons. The van der Waals surface area contributed by atoms with Crippen LogP contribution >= 0.6 is 0 Å². The van der Waals surface area contributed by atoms with E-state index in [2.05, 4.69) is 19.1 Å². The summed E-state index contributed by atoms with van der Waals surface area (Å²) >= 11 is 0. The minimum atomic E-state index is -0.778. The first-order chi connectivity index (χ1) is 7.70. The Morgan fingerprint density at radius 2 is 2.19 bits per heavy atom. The van der Waals surface area contributed by atoms with Gasteiger partial charge in [-0.1, -0.05) is 31.2 Å². The molecule has 1 saturated carbocycles. The Hall–Kier alpha value is -0.860. The maximum atomic E-state index is 10.7. The summed E-state index contributed by atoms with van der Waals surface area (Å²) in [6, 6.07) is 8.24. The van der Waals surface area contributed by atoms with Crippen LogP contribution in [0.1, 0.15) is 30.9 Å². The molecule has 0 heterocycles. The molecule has 0 bridgehead atoms. The highest BCUT2D eigenvalue weighted by molar-refractivity contribution is 5.30. The zero-order chi connectivity index (χ0) is 11.6. The molecule has 2 heteroatoms. The number of hydrogen-bond acceptors (Lipinski definition) is 2. The quantitative estimate of drug-likeness (QED) is 0.826. The van der Waals surface area contributed by atoms with Crippen molar-refractivity contribution < 1.29 is 9.84 Å². The topological polar surface area (TPSA) is 29.5 Å². The Labute approximate surface area is 97.3 Å². The van der Waals surface area contributed by atoms with Crippen molar-refractivity contribution in [3.05, 3.63) is 35.4 Å². The molecule has 88 valence electrons. The van der Waals surface area contributed by atoms with Gasteiger partial charge in [0.25, 0.3) is 0 Å². The minimum Gasteiger partial charge on any atom is -0.382 e. The van der Waals surface area contributed by atoms with Gasteiger partial charge < -0.3 is 9.84 Å². The lowest BCUT2D eigenvalue weighted by Crippen LogP contribution is -2.33. The maximum Gasteiger partial charge on any atom is 0.116 e. The summed E-state index contributed by atoms with van der Waals surface area (Å²) in [7, 11) is 1.65. The highest BCUT2D eigenvalue weighted by atomic mass is 16.5. The van der Waals surface area contributed by atoms with E-state index in [-0.39, 0.29) is 0 Å². The summed E-state index contributed by atoms with van der Waals surface area (Å²) in [5, 5.41) is 10.7. The zero-order valence-corrected chi connectivity index (χ0v) is 10.1. The Balaban J connectivity index is 2.30. The monoisotopic (exact) mass is 220 g/mol. The summed E-state index contributed by atoms with van der Waals surface area (Å²) in [4.78, 5) is 0. The fraction of sp³-hybridized carbons (Fsp3) is 0.571. The molecule has 0 spiro atoms. The van der Waals surface area contributed by atoms with E-state index in [4.69, 9.17) is 4.74 Å². The molecule has 0 saturated heterocycles. The molecule has 2 rings (SSSR count). The highest BCUT2D eigenvalue weighted by Gasteiger charge is 2.45. The normalized spacial score (nSPS) is 19.4. The molecule has 2 nitrogen and oxygen atoms in total. The van der Waals surface area contributed by atoms with E-state index in [1.165, 1.54) is 5.56 Å². The van der Waals surface area contributed by atoms with Crippen LogP contribution in [0.25, 0.3) is 0 Å². The van der Waals surface area contributed by atoms with E-state index in [1.54, 1.807) is 7.11 Å². The average molecular weight is 220 g/mol. The number of hydrogen-bond donors (Lipinski definition) is 1. The van der Waals surface area contributed by atoms with E-state index in [9.17, 15) is 5.11 Å². The molecule has 1 fully saturated rings. The predicted octanol–water partition coefficient (Wildman–Crippen LogP) is 2.49. The van der Waals surface area contributed by atoms with Crippen molar-refractivity contribution in [1.82, 2.24) is 0 Å². The largest absolute Gasteiger partial charge is 0.382 e. The Morgan fingerprint density at radius 1 is 1.44 bits per heavy atom. The predicted molar refractivity (Wildman–Crippen MR) is 64.3 cm³/mol. The number of rotatable bonds is 5. The van der Waals surface area contributed by atoms with Crippen LogP contribution in [0.15, 0.2) is 24.3 Å². The summed E-state index contributed by atoms with van der Waals surface area (Å²) in [5.74, 6) is 0.375. The first-order valence-corrected chi connectivity index (χ1v) is 6.01. The number of aryl methyl sites for hydroxylation is 1. The third kappa shape index (κ3) is 2.13. The van der Waals surface area contributed by atoms with Gasteiger partial charge in [0.05, 0.1) is 6.61 Å². The van der Waals surface area contributed by atoms with Gasteiger partial charge in [0, 0.05) is 7.11 Å². The third-order valence-electron chi connectivity index (χ3n) is 3.45. The van der Waals surface area contributed by atoms with Crippen LogP contribution in [0.4, 0.5) is 0 Å². The summed E-state index contributed by atoms with van der Waals surface area (Å²) in [6.07, 6.45) is 3.22. The standard InChI is InChI=1S/C14H20O2/c1-3-11-5-4-6-13(9-11)14(15,10-16-2)12-7-8-12/h4-6,9,12,15H,3,7-8,10H2,1-2H3. The van der Waals surface area contributed by atoms with Gasteiger partial charge in [-0.25, -0.2) is 0 Å². The molecule has 1 aromatic rings. The van der Waals surface area contributed by atoms with E-state index < -0.39 is 5.60 Å². The Kier molecular flexibility index (Phi) is 3.31. The van der Waals surface area contributed by atoms with Crippen molar-refractivity contribution in [3.63, 3.8) is 0 Å². The molecule has 1 N–H and O–H groups in total. The number of ether oxygens (including phenoxy) is 1. The van der Waals surface area contributed by atoms with Gasteiger partial charge in [0.15, 0.2) is 0 Å². The van der Waals surface area contributed by atoms with Crippen molar-refractivity contribution in [3.8, 4) is 0 Å². The van der Waals surface area contributed by atoms with Gasteiger partial charge >= 0.3 is 0 Å². The highest BCUT2D eigenvalue weighted by Crippen LogP contribution is 2.46.